The summed E-state index contributed by atoms with van der Waals surface area (Å²) in [6, 6.07) is 10.6. The van der Waals surface area contributed by atoms with Crippen LogP contribution in [0, 0.1) is 0 Å². The van der Waals surface area contributed by atoms with E-state index < -0.39 is 23.2 Å². The maximum absolute atomic E-state index is 12.6. The summed E-state index contributed by atoms with van der Waals surface area (Å²) in [5, 5.41) is -0.457. The molecule has 0 fully saturated rings. The van der Waals surface area contributed by atoms with Crippen molar-refractivity contribution in [3.63, 3.8) is 0 Å². The van der Waals surface area contributed by atoms with Gasteiger partial charge in [-0.2, -0.15) is 0 Å². The molecule has 4 heteroatoms. The van der Waals surface area contributed by atoms with E-state index in [4.69, 9.17) is 0 Å². The summed E-state index contributed by atoms with van der Waals surface area (Å²) < 4.78 is 25.2. The minimum Gasteiger partial charge on any atom is -0.228 e. The number of benzene rings is 1. The van der Waals surface area contributed by atoms with Crippen LogP contribution in [-0.4, -0.2) is 27.5 Å². The molecular formula is C16H26O2SSi. The summed E-state index contributed by atoms with van der Waals surface area (Å²) in [7, 11) is -4.47. The highest BCUT2D eigenvalue weighted by molar-refractivity contribution is 7.92. The Morgan fingerprint density at radius 3 is 2.20 bits per heavy atom. The molecule has 1 atom stereocenters. The van der Waals surface area contributed by atoms with Crippen molar-refractivity contribution in [2.75, 3.05) is 5.75 Å². The van der Waals surface area contributed by atoms with E-state index >= 15 is 0 Å². The van der Waals surface area contributed by atoms with Crippen molar-refractivity contribution in [1.82, 2.24) is 0 Å². The van der Waals surface area contributed by atoms with Crippen LogP contribution in [0.4, 0.5) is 0 Å². The van der Waals surface area contributed by atoms with Gasteiger partial charge in [-0.3, -0.25) is 0 Å². The first-order valence-electron chi connectivity index (χ1n) is 7.03. The van der Waals surface area contributed by atoms with Crippen molar-refractivity contribution < 1.29 is 8.42 Å². The van der Waals surface area contributed by atoms with Crippen molar-refractivity contribution in [3.8, 4) is 0 Å². The van der Waals surface area contributed by atoms with E-state index in [9.17, 15) is 8.42 Å². The third-order valence-corrected chi connectivity index (χ3v) is 7.71. The quantitative estimate of drug-likeness (QED) is 0.565. The predicted molar refractivity (Wildman–Crippen MR) is 90.7 cm³/mol. The lowest BCUT2D eigenvalue weighted by molar-refractivity contribution is 0.586. The minimum absolute atomic E-state index is 0.285. The molecule has 20 heavy (non-hydrogen) atoms. The summed E-state index contributed by atoms with van der Waals surface area (Å²) in [5.41, 5.74) is 1.79. The van der Waals surface area contributed by atoms with E-state index in [1.807, 2.05) is 37.3 Å². The van der Waals surface area contributed by atoms with E-state index in [2.05, 4.69) is 26.2 Å². The lowest BCUT2D eigenvalue weighted by Crippen LogP contribution is -2.31. The van der Waals surface area contributed by atoms with Crippen molar-refractivity contribution in [1.29, 1.82) is 0 Å². The second-order valence-electron chi connectivity index (χ2n) is 6.70. The zero-order valence-corrected chi connectivity index (χ0v) is 14.8. The SMILES string of the molecule is C=C(C)[C@@H](Cc1ccccc1)S(=O)(=O)CC[Si](C)(C)C. The number of sulfone groups is 1. The van der Waals surface area contributed by atoms with Crippen LogP contribution >= 0.6 is 0 Å². The lowest BCUT2D eigenvalue weighted by atomic mass is 10.1. The molecule has 1 rings (SSSR count). The summed E-state index contributed by atoms with van der Waals surface area (Å²) in [4.78, 5) is 0. The molecule has 0 heterocycles. The molecule has 2 nitrogen and oxygen atoms in total. The lowest BCUT2D eigenvalue weighted by Gasteiger charge is -2.21. The third kappa shape index (κ3) is 5.63. The smallest absolute Gasteiger partial charge is 0.157 e. The summed E-state index contributed by atoms with van der Waals surface area (Å²) in [6.07, 6.45) is 0.532. The highest BCUT2D eigenvalue weighted by Crippen LogP contribution is 2.20. The topological polar surface area (TPSA) is 34.1 Å². The zero-order chi connectivity index (χ0) is 15.4. The normalized spacial score (nSPS) is 14.0. The molecular weight excluding hydrogens is 284 g/mol. The van der Waals surface area contributed by atoms with Crippen LogP contribution < -0.4 is 0 Å². The van der Waals surface area contributed by atoms with Crippen LogP contribution in [0.15, 0.2) is 42.5 Å². The van der Waals surface area contributed by atoms with Gasteiger partial charge in [0.05, 0.1) is 5.25 Å². The molecule has 0 saturated carbocycles. The first-order chi connectivity index (χ1) is 9.12. The fourth-order valence-corrected chi connectivity index (χ4v) is 6.96. The molecule has 0 aromatic heterocycles. The summed E-state index contributed by atoms with van der Waals surface area (Å²) in [5.74, 6) is 0.285. The van der Waals surface area contributed by atoms with Gasteiger partial charge in [-0.25, -0.2) is 8.42 Å². The number of rotatable bonds is 7. The highest BCUT2D eigenvalue weighted by atomic mass is 32.2. The summed E-state index contributed by atoms with van der Waals surface area (Å²) >= 11 is 0. The van der Waals surface area contributed by atoms with E-state index in [0.717, 1.165) is 17.2 Å². The van der Waals surface area contributed by atoms with Crippen LogP contribution in [0.25, 0.3) is 0 Å². The monoisotopic (exact) mass is 310 g/mol. The van der Waals surface area contributed by atoms with Gasteiger partial charge in [-0.15, -0.1) is 0 Å². The molecule has 112 valence electrons. The Morgan fingerprint density at radius 2 is 1.75 bits per heavy atom. The largest absolute Gasteiger partial charge is 0.228 e. The molecule has 1 aromatic carbocycles. The molecule has 0 bridgehead atoms. The van der Waals surface area contributed by atoms with Gasteiger partial charge >= 0.3 is 0 Å². The fourth-order valence-electron chi connectivity index (χ4n) is 2.03. The van der Waals surface area contributed by atoms with E-state index in [0.29, 0.717) is 6.42 Å². The second-order valence-corrected chi connectivity index (χ2v) is 14.6. The number of hydrogen-bond acceptors (Lipinski definition) is 2. The molecule has 0 aliphatic rings. The Hall–Kier alpha value is -0.873. The average Bonchev–Trinajstić information content (AvgIpc) is 2.34. The minimum atomic E-state index is -3.12. The van der Waals surface area contributed by atoms with E-state index in [-0.39, 0.29) is 5.75 Å². The standard InChI is InChI=1S/C16H26O2SSi/c1-14(2)16(13-15-9-7-6-8-10-15)19(17,18)11-12-20(3,4)5/h6-10,16H,1,11-13H2,2-5H3/t16-/m1/s1. The van der Waals surface area contributed by atoms with Gasteiger partial charge in [-0.1, -0.05) is 62.1 Å². The van der Waals surface area contributed by atoms with Crippen LogP contribution in [0.3, 0.4) is 0 Å². The Labute approximate surface area is 124 Å². The summed E-state index contributed by atoms with van der Waals surface area (Å²) in [6.45, 7) is 12.3. The second kappa shape index (κ2) is 6.72. The van der Waals surface area contributed by atoms with Crippen LogP contribution in [-0.2, 0) is 16.3 Å². The van der Waals surface area contributed by atoms with Crippen LogP contribution in [0.1, 0.15) is 12.5 Å². The molecule has 0 aliphatic heterocycles. The predicted octanol–water partition coefficient (Wildman–Crippen LogP) is 3.93. The zero-order valence-electron chi connectivity index (χ0n) is 13.0. The maximum Gasteiger partial charge on any atom is 0.157 e. The molecule has 0 spiro atoms. The van der Waals surface area contributed by atoms with Crippen molar-refractivity contribution in [3.05, 3.63) is 48.0 Å². The van der Waals surface area contributed by atoms with Gasteiger partial charge < -0.3 is 0 Å². The van der Waals surface area contributed by atoms with Crippen LogP contribution in [0.5, 0.6) is 0 Å². The van der Waals surface area contributed by atoms with Gasteiger partial charge in [0, 0.05) is 13.8 Å². The Kier molecular flexibility index (Phi) is 5.77. The highest BCUT2D eigenvalue weighted by Gasteiger charge is 2.28. The first kappa shape index (κ1) is 17.2. The molecule has 0 unspecified atom stereocenters. The van der Waals surface area contributed by atoms with Gasteiger partial charge in [0.25, 0.3) is 0 Å². The molecule has 1 aromatic rings. The number of hydrogen-bond donors (Lipinski definition) is 0. The van der Waals surface area contributed by atoms with Gasteiger partial charge in [0.15, 0.2) is 9.84 Å². The molecule has 0 amide bonds. The van der Waals surface area contributed by atoms with Gasteiger partial charge in [0.2, 0.25) is 0 Å². The van der Waals surface area contributed by atoms with Crippen LogP contribution in [0.2, 0.25) is 25.7 Å². The Bertz CT molecular complexity index is 542. The molecule has 0 saturated heterocycles. The van der Waals surface area contributed by atoms with Crippen molar-refractivity contribution in [2.24, 2.45) is 0 Å². The van der Waals surface area contributed by atoms with E-state index in [1.165, 1.54) is 0 Å². The Morgan fingerprint density at radius 1 is 1.20 bits per heavy atom. The van der Waals surface area contributed by atoms with Crippen molar-refractivity contribution in [2.45, 2.75) is 44.3 Å². The maximum atomic E-state index is 12.6. The first-order valence-corrected chi connectivity index (χ1v) is 12.4. The van der Waals surface area contributed by atoms with E-state index in [1.54, 1.807) is 0 Å². The Balaban J connectivity index is 2.88. The molecule has 0 N–H and O–H groups in total. The van der Waals surface area contributed by atoms with Gasteiger partial charge in [0.1, 0.15) is 0 Å². The van der Waals surface area contributed by atoms with Gasteiger partial charge in [-0.05, 0) is 25.0 Å². The molecule has 0 radical (unpaired) electrons. The third-order valence-electron chi connectivity index (χ3n) is 3.38. The fraction of sp³-hybridized carbons (Fsp3) is 0.500. The average molecular weight is 311 g/mol. The molecule has 0 aliphatic carbocycles. The van der Waals surface area contributed by atoms with Crippen molar-refractivity contribution >= 4 is 17.9 Å².